The van der Waals surface area contributed by atoms with Crippen LogP contribution < -0.4 is 10.6 Å². The monoisotopic (exact) mass is 269 g/mol. The fraction of sp³-hybridized carbons (Fsp3) is 0.545. The van der Waals surface area contributed by atoms with Gasteiger partial charge in [0.25, 0.3) is 0 Å². The zero-order valence-electron chi connectivity index (χ0n) is 8.67. The molecular weight excluding hydrogens is 254 g/mol. The van der Waals surface area contributed by atoms with E-state index in [2.05, 4.69) is 37.6 Å². The van der Waals surface area contributed by atoms with Gasteiger partial charge in [-0.15, -0.1) is 0 Å². The van der Waals surface area contributed by atoms with Crippen molar-refractivity contribution in [1.29, 1.82) is 0 Å². The quantitative estimate of drug-likeness (QED) is 0.817. The van der Waals surface area contributed by atoms with Crippen LogP contribution in [0.4, 0.5) is 0 Å². The summed E-state index contributed by atoms with van der Waals surface area (Å²) in [5.41, 5.74) is 1.27. The summed E-state index contributed by atoms with van der Waals surface area (Å²) in [6.07, 6.45) is 4.44. The van der Waals surface area contributed by atoms with E-state index < -0.39 is 0 Å². The van der Waals surface area contributed by atoms with Gasteiger partial charge in [-0.1, -0.05) is 0 Å². The molecule has 4 heteroatoms. The number of hydrogen-bond donors (Lipinski definition) is 2. The molecule has 0 amide bonds. The Balaban J connectivity index is 1.73. The lowest BCUT2D eigenvalue weighted by Crippen LogP contribution is -2.33. The average molecular weight is 270 g/mol. The van der Waals surface area contributed by atoms with Crippen molar-refractivity contribution in [2.75, 3.05) is 13.1 Å². The second-order valence-electron chi connectivity index (χ2n) is 3.91. The second-order valence-corrected chi connectivity index (χ2v) is 4.72. The van der Waals surface area contributed by atoms with Gasteiger partial charge in [-0.05, 0) is 53.0 Å². The van der Waals surface area contributed by atoms with Crippen LogP contribution >= 0.6 is 15.9 Å². The van der Waals surface area contributed by atoms with Crippen molar-refractivity contribution < 1.29 is 0 Å². The fourth-order valence-electron chi connectivity index (χ4n) is 1.87. The second kappa shape index (κ2) is 5.58. The van der Waals surface area contributed by atoms with E-state index in [0.717, 1.165) is 17.7 Å². The molecule has 0 aliphatic carbocycles. The van der Waals surface area contributed by atoms with Crippen LogP contribution in [0, 0.1) is 0 Å². The van der Waals surface area contributed by atoms with Gasteiger partial charge in [0, 0.05) is 25.3 Å². The van der Waals surface area contributed by atoms with E-state index in [-0.39, 0.29) is 0 Å². The van der Waals surface area contributed by atoms with Gasteiger partial charge in [0.15, 0.2) is 0 Å². The lowest BCUT2D eigenvalue weighted by atomic mass is 10.2. The highest BCUT2D eigenvalue weighted by molar-refractivity contribution is 9.10. The van der Waals surface area contributed by atoms with Crippen LogP contribution in [-0.4, -0.2) is 24.1 Å². The summed E-state index contributed by atoms with van der Waals surface area (Å²) in [5, 5.41) is 6.93. The molecule has 2 rings (SSSR count). The molecule has 0 saturated carbocycles. The van der Waals surface area contributed by atoms with Crippen molar-refractivity contribution in [3.63, 3.8) is 0 Å². The van der Waals surface area contributed by atoms with Gasteiger partial charge in [-0.3, -0.25) is 0 Å². The van der Waals surface area contributed by atoms with Crippen molar-refractivity contribution >= 4 is 15.9 Å². The lowest BCUT2D eigenvalue weighted by molar-refractivity contribution is 0.535. The Labute approximate surface area is 98.8 Å². The normalized spacial score (nSPS) is 20.7. The summed E-state index contributed by atoms with van der Waals surface area (Å²) in [7, 11) is 0. The molecular formula is C11H16BrN3. The predicted molar refractivity (Wildman–Crippen MR) is 64.7 cm³/mol. The number of halogens is 1. The highest BCUT2D eigenvalue weighted by atomic mass is 79.9. The Kier molecular flexibility index (Phi) is 4.11. The third-order valence-corrected chi connectivity index (χ3v) is 3.11. The van der Waals surface area contributed by atoms with Crippen molar-refractivity contribution in [1.82, 2.24) is 15.6 Å². The largest absolute Gasteiger partial charge is 0.313 e. The molecule has 1 aliphatic heterocycles. The van der Waals surface area contributed by atoms with E-state index in [0.29, 0.717) is 6.04 Å². The van der Waals surface area contributed by atoms with Gasteiger partial charge < -0.3 is 10.6 Å². The van der Waals surface area contributed by atoms with E-state index in [1.54, 1.807) is 0 Å². The number of nitrogens with one attached hydrogen (secondary N) is 2. The van der Waals surface area contributed by atoms with Crippen molar-refractivity contribution in [2.24, 2.45) is 0 Å². The molecule has 82 valence electrons. The molecule has 0 radical (unpaired) electrons. The first-order valence-corrected chi connectivity index (χ1v) is 6.18. The highest BCUT2D eigenvalue weighted by Crippen LogP contribution is 2.08. The highest BCUT2D eigenvalue weighted by Gasteiger charge is 2.12. The van der Waals surface area contributed by atoms with Crippen LogP contribution in [0.1, 0.15) is 18.4 Å². The van der Waals surface area contributed by atoms with E-state index in [9.17, 15) is 0 Å². The molecule has 1 saturated heterocycles. The maximum Gasteiger partial charge on any atom is 0.106 e. The molecule has 0 bridgehead atoms. The summed E-state index contributed by atoms with van der Waals surface area (Å²) in [6, 6.07) is 4.75. The molecule has 0 spiro atoms. The minimum absolute atomic E-state index is 0.662. The minimum atomic E-state index is 0.662. The third kappa shape index (κ3) is 3.55. The maximum atomic E-state index is 4.10. The van der Waals surface area contributed by atoms with Crippen molar-refractivity contribution in [2.45, 2.75) is 25.4 Å². The van der Waals surface area contributed by atoms with Crippen LogP contribution in [-0.2, 0) is 6.54 Å². The third-order valence-electron chi connectivity index (χ3n) is 2.67. The van der Waals surface area contributed by atoms with E-state index >= 15 is 0 Å². The number of aromatic nitrogens is 1. The molecule has 1 aromatic heterocycles. The van der Waals surface area contributed by atoms with E-state index in [1.165, 1.54) is 24.9 Å². The summed E-state index contributed by atoms with van der Waals surface area (Å²) in [5.74, 6) is 0. The molecule has 15 heavy (non-hydrogen) atoms. The molecule has 1 aromatic rings. The van der Waals surface area contributed by atoms with E-state index in [4.69, 9.17) is 0 Å². The zero-order chi connectivity index (χ0) is 10.5. The molecule has 2 N–H and O–H groups in total. The molecule has 1 atom stereocenters. The Bertz CT molecular complexity index is 310. The Morgan fingerprint density at radius 3 is 3.27 bits per heavy atom. The van der Waals surface area contributed by atoms with Crippen LogP contribution in [0.2, 0.25) is 0 Å². The van der Waals surface area contributed by atoms with Gasteiger partial charge in [0.2, 0.25) is 0 Å². The predicted octanol–water partition coefficient (Wildman–Crippen LogP) is 1.69. The van der Waals surface area contributed by atoms with Crippen molar-refractivity contribution in [3.8, 4) is 0 Å². The Morgan fingerprint density at radius 1 is 1.60 bits per heavy atom. The first-order valence-electron chi connectivity index (χ1n) is 5.39. The SMILES string of the molecule is Brc1cc(CNCC2CCCN2)ccn1. The summed E-state index contributed by atoms with van der Waals surface area (Å²) < 4.78 is 0.904. The fourth-order valence-corrected chi connectivity index (χ4v) is 2.29. The number of pyridine rings is 1. The van der Waals surface area contributed by atoms with Gasteiger partial charge in [0.1, 0.15) is 4.60 Å². The van der Waals surface area contributed by atoms with Gasteiger partial charge >= 0.3 is 0 Å². The average Bonchev–Trinajstić information content (AvgIpc) is 2.71. The van der Waals surface area contributed by atoms with Crippen molar-refractivity contribution in [3.05, 3.63) is 28.5 Å². The number of hydrogen-bond acceptors (Lipinski definition) is 3. The smallest absolute Gasteiger partial charge is 0.106 e. The van der Waals surface area contributed by atoms with Gasteiger partial charge in [0.05, 0.1) is 0 Å². The molecule has 1 unspecified atom stereocenters. The van der Waals surface area contributed by atoms with Gasteiger partial charge in [-0.2, -0.15) is 0 Å². The molecule has 0 aromatic carbocycles. The first kappa shape index (κ1) is 11.0. The number of nitrogens with zero attached hydrogens (tertiary/aromatic N) is 1. The van der Waals surface area contributed by atoms with Crippen LogP contribution in [0.3, 0.4) is 0 Å². The molecule has 3 nitrogen and oxygen atoms in total. The number of rotatable bonds is 4. The zero-order valence-corrected chi connectivity index (χ0v) is 10.3. The van der Waals surface area contributed by atoms with E-state index in [1.807, 2.05) is 12.3 Å². The first-order chi connectivity index (χ1) is 7.34. The summed E-state index contributed by atoms with van der Waals surface area (Å²) in [4.78, 5) is 4.10. The standard InChI is InChI=1S/C11H16BrN3/c12-11-6-9(3-5-15-11)7-13-8-10-2-1-4-14-10/h3,5-6,10,13-14H,1-2,4,7-8H2. The minimum Gasteiger partial charge on any atom is -0.313 e. The maximum absolute atomic E-state index is 4.10. The van der Waals surface area contributed by atoms with Crippen LogP contribution in [0.5, 0.6) is 0 Å². The summed E-state index contributed by atoms with van der Waals surface area (Å²) in [6.45, 7) is 3.15. The molecule has 1 aliphatic rings. The lowest BCUT2D eigenvalue weighted by Gasteiger charge is -2.11. The summed E-state index contributed by atoms with van der Waals surface area (Å²) >= 11 is 3.37. The molecule has 2 heterocycles. The Hall–Kier alpha value is -0.450. The van der Waals surface area contributed by atoms with Gasteiger partial charge in [-0.25, -0.2) is 4.98 Å². The topological polar surface area (TPSA) is 37.0 Å². The molecule has 1 fully saturated rings. The van der Waals surface area contributed by atoms with Crippen LogP contribution in [0.25, 0.3) is 0 Å². The Morgan fingerprint density at radius 2 is 2.53 bits per heavy atom. The van der Waals surface area contributed by atoms with Crippen LogP contribution in [0.15, 0.2) is 22.9 Å².